The summed E-state index contributed by atoms with van der Waals surface area (Å²) in [7, 11) is 0. The van der Waals surface area contributed by atoms with Gasteiger partial charge in [-0.15, -0.1) is 0 Å². The van der Waals surface area contributed by atoms with Crippen LogP contribution in [0.3, 0.4) is 0 Å². The number of imidazole rings is 1. The lowest BCUT2D eigenvalue weighted by Gasteiger charge is -2.26. The van der Waals surface area contributed by atoms with Gasteiger partial charge in [0.25, 0.3) is 0 Å². The third-order valence-electron chi connectivity index (χ3n) is 3.54. The van der Waals surface area contributed by atoms with Crippen LogP contribution in [0.5, 0.6) is 11.5 Å². The standard InChI is InChI=1S/C18H17FN2O2/c1-18(22,12-21-10-9-20-13-21)16-11-14(19)7-8-17(16)23-15-5-3-2-4-6-15/h2-11,13,22H,12H2,1H3. The lowest BCUT2D eigenvalue weighted by molar-refractivity contribution is 0.0360. The van der Waals surface area contributed by atoms with Crippen molar-refractivity contribution in [2.24, 2.45) is 0 Å². The number of ether oxygens (including phenoxy) is 1. The predicted octanol–water partition coefficient (Wildman–Crippen LogP) is 3.72. The lowest BCUT2D eigenvalue weighted by Crippen LogP contribution is -2.28. The van der Waals surface area contributed by atoms with Crippen molar-refractivity contribution in [3.8, 4) is 11.5 Å². The summed E-state index contributed by atoms with van der Waals surface area (Å²) in [6.07, 6.45) is 4.97. The predicted molar refractivity (Wildman–Crippen MR) is 84.7 cm³/mol. The Morgan fingerprint density at radius 3 is 2.70 bits per heavy atom. The molecule has 0 saturated carbocycles. The minimum atomic E-state index is -1.31. The molecular formula is C18H17FN2O2. The van der Waals surface area contributed by atoms with Gasteiger partial charge in [-0.05, 0) is 37.3 Å². The molecule has 1 aromatic heterocycles. The molecule has 1 N–H and O–H groups in total. The van der Waals surface area contributed by atoms with E-state index in [1.807, 2.05) is 18.2 Å². The summed E-state index contributed by atoms with van der Waals surface area (Å²) in [5, 5.41) is 10.8. The van der Waals surface area contributed by atoms with Crippen LogP contribution in [0, 0.1) is 5.82 Å². The van der Waals surface area contributed by atoms with Gasteiger partial charge in [-0.1, -0.05) is 18.2 Å². The summed E-state index contributed by atoms with van der Waals surface area (Å²) in [6.45, 7) is 1.86. The fourth-order valence-electron chi connectivity index (χ4n) is 2.45. The molecule has 23 heavy (non-hydrogen) atoms. The zero-order chi connectivity index (χ0) is 16.3. The van der Waals surface area contributed by atoms with Gasteiger partial charge in [0.05, 0.1) is 12.9 Å². The van der Waals surface area contributed by atoms with Crippen molar-refractivity contribution in [2.75, 3.05) is 0 Å². The Morgan fingerprint density at radius 1 is 1.22 bits per heavy atom. The molecule has 1 unspecified atom stereocenters. The van der Waals surface area contributed by atoms with Crippen molar-refractivity contribution >= 4 is 0 Å². The average molecular weight is 312 g/mol. The molecule has 1 heterocycles. The summed E-state index contributed by atoms with van der Waals surface area (Å²) >= 11 is 0. The van der Waals surface area contributed by atoms with Crippen LogP contribution < -0.4 is 4.74 Å². The third-order valence-corrected chi connectivity index (χ3v) is 3.54. The Morgan fingerprint density at radius 2 is 2.00 bits per heavy atom. The third kappa shape index (κ3) is 3.57. The number of rotatable bonds is 5. The van der Waals surface area contributed by atoms with Crippen LogP contribution in [0.25, 0.3) is 0 Å². The number of aromatic nitrogens is 2. The van der Waals surface area contributed by atoms with E-state index in [-0.39, 0.29) is 6.54 Å². The van der Waals surface area contributed by atoms with E-state index in [0.29, 0.717) is 17.1 Å². The fraction of sp³-hybridized carbons (Fsp3) is 0.167. The van der Waals surface area contributed by atoms with Gasteiger partial charge in [0.2, 0.25) is 0 Å². The largest absolute Gasteiger partial charge is 0.457 e. The fourth-order valence-corrected chi connectivity index (χ4v) is 2.45. The molecule has 3 aromatic rings. The van der Waals surface area contributed by atoms with E-state index in [4.69, 9.17) is 4.74 Å². The molecule has 0 aliphatic carbocycles. The van der Waals surface area contributed by atoms with Crippen LogP contribution >= 0.6 is 0 Å². The molecule has 0 aliphatic rings. The van der Waals surface area contributed by atoms with E-state index in [9.17, 15) is 9.50 Å². The molecule has 5 heteroatoms. The second-order valence-corrected chi connectivity index (χ2v) is 5.56. The van der Waals surface area contributed by atoms with Crippen LogP contribution in [0.2, 0.25) is 0 Å². The summed E-state index contributed by atoms with van der Waals surface area (Å²) in [4.78, 5) is 3.95. The minimum Gasteiger partial charge on any atom is -0.457 e. The van der Waals surface area contributed by atoms with Crippen LogP contribution in [-0.4, -0.2) is 14.7 Å². The molecule has 4 nitrogen and oxygen atoms in total. The van der Waals surface area contributed by atoms with E-state index in [1.54, 1.807) is 42.3 Å². The first-order valence-electron chi connectivity index (χ1n) is 7.26. The molecule has 0 fully saturated rings. The van der Waals surface area contributed by atoms with E-state index in [0.717, 1.165) is 0 Å². The molecule has 118 valence electrons. The molecule has 0 aliphatic heterocycles. The highest BCUT2D eigenvalue weighted by atomic mass is 19.1. The minimum absolute atomic E-state index is 0.238. The second kappa shape index (κ2) is 6.22. The second-order valence-electron chi connectivity index (χ2n) is 5.56. The Balaban J connectivity index is 1.95. The molecule has 2 aromatic carbocycles. The number of benzene rings is 2. The van der Waals surface area contributed by atoms with Gasteiger partial charge in [0, 0.05) is 18.0 Å². The normalized spacial score (nSPS) is 13.5. The highest BCUT2D eigenvalue weighted by Gasteiger charge is 2.28. The SMILES string of the molecule is CC(O)(Cn1ccnc1)c1cc(F)ccc1Oc1ccccc1. The topological polar surface area (TPSA) is 47.3 Å². The van der Waals surface area contributed by atoms with Crippen molar-refractivity contribution in [1.29, 1.82) is 0 Å². The number of para-hydroxylation sites is 1. The highest BCUT2D eigenvalue weighted by molar-refractivity contribution is 5.41. The van der Waals surface area contributed by atoms with Crippen LogP contribution in [-0.2, 0) is 12.1 Å². The Kier molecular flexibility index (Phi) is 4.12. The molecular weight excluding hydrogens is 295 g/mol. The summed E-state index contributed by atoms with van der Waals surface area (Å²) in [6, 6.07) is 13.3. The van der Waals surface area contributed by atoms with Crippen molar-refractivity contribution in [1.82, 2.24) is 9.55 Å². The number of nitrogens with zero attached hydrogens (tertiary/aromatic N) is 2. The van der Waals surface area contributed by atoms with Gasteiger partial charge in [-0.25, -0.2) is 9.37 Å². The number of hydrogen-bond acceptors (Lipinski definition) is 3. The Labute approximate surface area is 133 Å². The monoisotopic (exact) mass is 312 g/mol. The maximum atomic E-state index is 13.7. The molecule has 0 spiro atoms. The van der Waals surface area contributed by atoms with E-state index < -0.39 is 11.4 Å². The lowest BCUT2D eigenvalue weighted by atomic mass is 9.94. The van der Waals surface area contributed by atoms with Crippen LogP contribution in [0.1, 0.15) is 12.5 Å². The van der Waals surface area contributed by atoms with Gasteiger partial charge in [-0.2, -0.15) is 0 Å². The van der Waals surface area contributed by atoms with E-state index >= 15 is 0 Å². The van der Waals surface area contributed by atoms with Crippen molar-refractivity contribution < 1.29 is 14.2 Å². The molecule has 0 saturated heterocycles. The maximum Gasteiger partial charge on any atom is 0.133 e. The van der Waals surface area contributed by atoms with E-state index in [2.05, 4.69) is 4.98 Å². The molecule has 0 radical (unpaired) electrons. The van der Waals surface area contributed by atoms with Crippen LogP contribution in [0.15, 0.2) is 67.3 Å². The maximum absolute atomic E-state index is 13.7. The van der Waals surface area contributed by atoms with Gasteiger partial charge < -0.3 is 14.4 Å². The summed E-state index contributed by atoms with van der Waals surface area (Å²) in [5.74, 6) is 0.618. The Bertz CT molecular complexity index is 771. The molecule has 3 rings (SSSR count). The zero-order valence-electron chi connectivity index (χ0n) is 12.7. The first kappa shape index (κ1) is 15.2. The number of aliphatic hydroxyl groups is 1. The van der Waals surface area contributed by atoms with Gasteiger partial charge in [-0.3, -0.25) is 0 Å². The highest BCUT2D eigenvalue weighted by Crippen LogP contribution is 2.34. The first-order chi connectivity index (χ1) is 11.0. The smallest absolute Gasteiger partial charge is 0.133 e. The number of hydrogen-bond donors (Lipinski definition) is 1. The quantitative estimate of drug-likeness (QED) is 0.781. The zero-order valence-corrected chi connectivity index (χ0v) is 12.7. The van der Waals surface area contributed by atoms with Crippen LogP contribution in [0.4, 0.5) is 4.39 Å². The Hall–Kier alpha value is -2.66. The van der Waals surface area contributed by atoms with Gasteiger partial charge in [0.15, 0.2) is 0 Å². The van der Waals surface area contributed by atoms with Gasteiger partial charge >= 0.3 is 0 Å². The van der Waals surface area contributed by atoms with Crippen molar-refractivity contribution in [3.05, 3.63) is 78.6 Å². The van der Waals surface area contributed by atoms with Crippen molar-refractivity contribution in [3.63, 3.8) is 0 Å². The summed E-state index contributed by atoms with van der Waals surface area (Å²) < 4.78 is 21.3. The first-order valence-corrected chi connectivity index (χ1v) is 7.26. The molecule has 0 bridgehead atoms. The molecule has 1 atom stereocenters. The van der Waals surface area contributed by atoms with Gasteiger partial charge in [0.1, 0.15) is 22.9 Å². The molecule has 0 amide bonds. The number of halogens is 1. The van der Waals surface area contributed by atoms with E-state index in [1.165, 1.54) is 18.2 Å². The summed E-state index contributed by atoms with van der Waals surface area (Å²) in [5.41, 5.74) is -0.928. The van der Waals surface area contributed by atoms with Crippen molar-refractivity contribution in [2.45, 2.75) is 19.1 Å². The average Bonchev–Trinajstić information content (AvgIpc) is 3.02.